The fourth-order valence-electron chi connectivity index (χ4n) is 1.68. The molecule has 1 rings (SSSR count). The van der Waals surface area contributed by atoms with Gasteiger partial charge in [-0.2, -0.15) is 0 Å². The molecule has 2 N–H and O–H groups in total. The number of carbonyl (C=O) groups is 1. The number of hydrogen-bond donors (Lipinski definition) is 2. The van der Waals surface area contributed by atoms with Crippen molar-refractivity contribution in [3.05, 3.63) is 17.8 Å². The van der Waals surface area contributed by atoms with E-state index in [1.807, 2.05) is 13.8 Å². The Morgan fingerprint density at radius 1 is 1.44 bits per heavy atom. The molecule has 0 aliphatic rings. The van der Waals surface area contributed by atoms with E-state index < -0.39 is 0 Å². The van der Waals surface area contributed by atoms with Gasteiger partial charge in [0.1, 0.15) is 5.76 Å². The number of oxazole rings is 1. The minimum absolute atomic E-state index is 0.0128. The van der Waals surface area contributed by atoms with E-state index in [1.54, 1.807) is 6.20 Å². The topological polar surface area (TPSA) is 67.2 Å². The third-order valence-electron chi connectivity index (χ3n) is 2.93. The van der Waals surface area contributed by atoms with Crippen molar-refractivity contribution in [1.29, 1.82) is 0 Å². The van der Waals surface area contributed by atoms with Gasteiger partial charge in [-0.15, -0.1) is 0 Å². The second kappa shape index (κ2) is 7.16. The molecule has 102 valence electrons. The van der Waals surface area contributed by atoms with E-state index >= 15 is 0 Å². The molecule has 1 amide bonds. The molecule has 0 radical (unpaired) electrons. The van der Waals surface area contributed by atoms with Gasteiger partial charge in [-0.25, -0.2) is 4.98 Å². The molecule has 0 aliphatic heterocycles. The van der Waals surface area contributed by atoms with Crippen LogP contribution >= 0.6 is 0 Å². The van der Waals surface area contributed by atoms with Crippen LogP contribution in [0.2, 0.25) is 0 Å². The molecular formula is C13H23N3O2. The fraction of sp³-hybridized carbons (Fsp3) is 0.692. The lowest BCUT2D eigenvalue weighted by atomic mass is 10.2. The predicted molar refractivity (Wildman–Crippen MR) is 70.2 cm³/mol. The van der Waals surface area contributed by atoms with Crippen LogP contribution in [0.3, 0.4) is 0 Å². The summed E-state index contributed by atoms with van der Waals surface area (Å²) in [5.41, 5.74) is 0. The molecule has 1 aromatic rings. The minimum atomic E-state index is -0.0637. The summed E-state index contributed by atoms with van der Waals surface area (Å²) in [5.74, 6) is 1.40. The van der Waals surface area contributed by atoms with E-state index in [4.69, 9.17) is 4.42 Å². The van der Waals surface area contributed by atoms with E-state index in [2.05, 4.69) is 29.5 Å². The van der Waals surface area contributed by atoms with Crippen LogP contribution in [0.5, 0.6) is 0 Å². The molecule has 0 bridgehead atoms. The van der Waals surface area contributed by atoms with E-state index in [-0.39, 0.29) is 24.5 Å². The van der Waals surface area contributed by atoms with Crippen molar-refractivity contribution < 1.29 is 9.21 Å². The Kier molecular flexibility index (Phi) is 5.85. The van der Waals surface area contributed by atoms with Crippen molar-refractivity contribution in [3.8, 4) is 0 Å². The average Bonchev–Trinajstić information content (AvgIpc) is 2.79. The quantitative estimate of drug-likeness (QED) is 0.779. The molecular weight excluding hydrogens is 230 g/mol. The van der Waals surface area contributed by atoms with Crippen LogP contribution in [0.1, 0.15) is 51.3 Å². The van der Waals surface area contributed by atoms with Gasteiger partial charge < -0.3 is 9.73 Å². The van der Waals surface area contributed by atoms with Gasteiger partial charge in [0.25, 0.3) is 0 Å². The monoisotopic (exact) mass is 253 g/mol. The normalized spacial score (nSPS) is 12.7. The van der Waals surface area contributed by atoms with Crippen molar-refractivity contribution in [2.75, 3.05) is 6.54 Å². The zero-order valence-electron chi connectivity index (χ0n) is 11.6. The first-order valence-corrected chi connectivity index (χ1v) is 6.51. The Morgan fingerprint density at radius 3 is 2.61 bits per heavy atom. The highest BCUT2D eigenvalue weighted by molar-refractivity contribution is 5.78. The SMILES string of the molecule is CCC(CC)NC(=O)CNC(C)c1ncc(C)o1. The smallest absolute Gasteiger partial charge is 0.234 e. The van der Waals surface area contributed by atoms with Gasteiger partial charge in [-0.05, 0) is 26.7 Å². The summed E-state index contributed by atoms with van der Waals surface area (Å²) in [5, 5.41) is 6.07. The van der Waals surface area contributed by atoms with Gasteiger partial charge in [-0.1, -0.05) is 13.8 Å². The highest BCUT2D eigenvalue weighted by atomic mass is 16.4. The minimum Gasteiger partial charge on any atom is -0.444 e. The summed E-state index contributed by atoms with van der Waals surface area (Å²) >= 11 is 0. The van der Waals surface area contributed by atoms with E-state index in [0.717, 1.165) is 18.6 Å². The van der Waals surface area contributed by atoms with Crippen LogP contribution in [-0.4, -0.2) is 23.5 Å². The highest BCUT2D eigenvalue weighted by Crippen LogP contribution is 2.11. The molecule has 0 fully saturated rings. The Labute approximate surface area is 108 Å². The second-order valence-electron chi connectivity index (χ2n) is 4.49. The van der Waals surface area contributed by atoms with Crippen LogP contribution < -0.4 is 10.6 Å². The molecule has 0 aliphatic carbocycles. The van der Waals surface area contributed by atoms with Crippen molar-refractivity contribution >= 4 is 5.91 Å². The summed E-state index contributed by atoms with van der Waals surface area (Å²) in [6.07, 6.45) is 3.59. The molecule has 5 nitrogen and oxygen atoms in total. The van der Waals surface area contributed by atoms with Gasteiger partial charge in [-0.3, -0.25) is 10.1 Å². The summed E-state index contributed by atoms with van der Waals surface area (Å²) in [4.78, 5) is 15.8. The zero-order chi connectivity index (χ0) is 13.5. The number of hydrogen-bond acceptors (Lipinski definition) is 4. The van der Waals surface area contributed by atoms with Crippen LogP contribution in [0.4, 0.5) is 0 Å². The molecule has 0 saturated carbocycles. The first kappa shape index (κ1) is 14.7. The molecule has 0 aromatic carbocycles. The van der Waals surface area contributed by atoms with Gasteiger partial charge in [0, 0.05) is 6.04 Å². The second-order valence-corrected chi connectivity index (χ2v) is 4.49. The fourth-order valence-corrected chi connectivity index (χ4v) is 1.68. The summed E-state index contributed by atoms with van der Waals surface area (Å²) in [6.45, 7) is 8.19. The Hall–Kier alpha value is -1.36. The maximum atomic E-state index is 11.7. The summed E-state index contributed by atoms with van der Waals surface area (Å²) < 4.78 is 5.40. The van der Waals surface area contributed by atoms with Crippen LogP contribution in [-0.2, 0) is 4.79 Å². The first-order chi connectivity index (χ1) is 8.56. The van der Waals surface area contributed by atoms with E-state index in [0.29, 0.717) is 5.89 Å². The van der Waals surface area contributed by atoms with Gasteiger partial charge in [0.2, 0.25) is 11.8 Å². The summed E-state index contributed by atoms with van der Waals surface area (Å²) in [7, 11) is 0. The number of aromatic nitrogens is 1. The molecule has 1 heterocycles. The van der Waals surface area contributed by atoms with Crippen LogP contribution in [0.15, 0.2) is 10.6 Å². The van der Waals surface area contributed by atoms with Crippen LogP contribution in [0.25, 0.3) is 0 Å². The molecule has 0 saturated heterocycles. The third kappa shape index (κ3) is 4.49. The highest BCUT2D eigenvalue weighted by Gasteiger charge is 2.13. The molecule has 0 spiro atoms. The molecule has 5 heteroatoms. The lowest BCUT2D eigenvalue weighted by molar-refractivity contribution is -0.121. The lowest BCUT2D eigenvalue weighted by Gasteiger charge is -2.16. The maximum Gasteiger partial charge on any atom is 0.234 e. The number of nitrogens with zero attached hydrogens (tertiary/aromatic N) is 1. The van der Waals surface area contributed by atoms with Gasteiger partial charge in [0.15, 0.2) is 0 Å². The number of amides is 1. The molecule has 1 atom stereocenters. The predicted octanol–water partition coefficient (Wildman–Crippen LogP) is 1.94. The standard InChI is InChI=1S/C13H23N3O2/c1-5-11(6-2)16-12(17)8-14-10(4)13-15-7-9(3)18-13/h7,10-11,14H,5-6,8H2,1-4H3,(H,16,17). The Morgan fingerprint density at radius 2 is 2.11 bits per heavy atom. The third-order valence-corrected chi connectivity index (χ3v) is 2.93. The first-order valence-electron chi connectivity index (χ1n) is 6.51. The zero-order valence-corrected chi connectivity index (χ0v) is 11.6. The van der Waals surface area contributed by atoms with Gasteiger partial charge >= 0.3 is 0 Å². The van der Waals surface area contributed by atoms with Crippen LogP contribution in [0, 0.1) is 6.92 Å². The number of nitrogens with one attached hydrogen (secondary N) is 2. The average molecular weight is 253 g/mol. The molecule has 1 unspecified atom stereocenters. The van der Waals surface area contributed by atoms with Crippen molar-refractivity contribution in [1.82, 2.24) is 15.6 Å². The number of carbonyl (C=O) groups excluding carboxylic acids is 1. The van der Waals surface area contributed by atoms with Crippen molar-refractivity contribution in [2.24, 2.45) is 0 Å². The largest absolute Gasteiger partial charge is 0.444 e. The van der Waals surface area contributed by atoms with Gasteiger partial charge in [0.05, 0.1) is 18.8 Å². The Bertz CT molecular complexity index is 372. The van der Waals surface area contributed by atoms with E-state index in [1.165, 1.54) is 0 Å². The van der Waals surface area contributed by atoms with Crippen molar-refractivity contribution in [2.45, 2.75) is 52.6 Å². The summed E-state index contributed by atoms with van der Waals surface area (Å²) in [6, 6.07) is 0.199. The maximum absolute atomic E-state index is 11.7. The van der Waals surface area contributed by atoms with E-state index in [9.17, 15) is 4.79 Å². The van der Waals surface area contributed by atoms with Crippen molar-refractivity contribution in [3.63, 3.8) is 0 Å². The molecule has 18 heavy (non-hydrogen) atoms. The number of aryl methyl sites for hydroxylation is 1. The Balaban J connectivity index is 2.34. The number of rotatable bonds is 7. The molecule has 1 aromatic heterocycles. The lowest BCUT2D eigenvalue weighted by Crippen LogP contribution is -2.40.